The van der Waals surface area contributed by atoms with Crippen LogP contribution in [-0.4, -0.2) is 43.6 Å². The van der Waals surface area contributed by atoms with Crippen molar-refractivity contribution >= 4 is 5.91 Å². The molecule has 1 aliphatic rings. The first kappa shape index (κ1) is 18.6. The number of aryl methyl sites for hydroxylation is 3. The molecule has 2 aromatic rings. The molecule has 0 bridgehead atoms. The quantitative estimate of drug-likeness (QED) is 0.837. The molecule has 2 aromatic heterocycles. The van der Waals surface area contributed by atoms with Gasteiger partial charge in [-0.25, -0.2) is 0 Å². The van der Waals surface area contributed by atoms with Crippen molar-refractivity contribution in [3.05, 3.63) is 28.6 Å². The zero-order valence-electron chi connectivity index (χ0n) is 16.1. The highest BCUT2D eigenvalue weighted by Gasteiger charge is 2.21. The zero-order valence-corrected chi connectivity index (χ0v) is 16.1. The maximum absolute atomic E-state index is 12.4. The first-order valence-electron chi connectivity index (χ1n) is 9.18. The van der Waals surface area contributed by atoms with Crippen molar-refractivity contribution in [2.75, 3.05) is 7.11 Å². The van der Waals surface area contributed by atoms with Gasteiger partial charge in [0.1, 0.15) is 12.4 Å². The lowest BCUT2D eigenvalue weighted by Crippen LogP contribution is -2.35. The first-order chi connectivity index (χ1) is 12.5. The number of aromatic nitrogens is 5. The van der Waals surface area contributed by atoms with E-state index in [0.29, 0.717) is 13.0 Å². The molecule has 3 heterocycles. The number of nitrogens with one attached hydrogen (secondary N) is 1. The van der Waals surface area contributed by atoms with Gasteiger partial charge >= 0.3 is 0 Å². The highest BCUT2D eigenvalue weighted by molar-refractivity contribution is 5.76. The van der Waals surface area contributed by atoms with Gasteiger partial charge in [-0.2, -0.15) is 5.10 Å². The molecule has 0 saturated carbocycles. The van der Waals surface area contributed by atoms with Gasteiger partial charge in [-0.15, -0.1) is 10.2 Å². The molecule has 0 saturated heterocycles. The smallest absolute Gasteiger partial charge is 0.220 e. The van der Waals surface area contributed by atoms with Crippen LogP contribution in [0.3, 0.4) is 0 Å². The van der Waals surface area contributed by atoms with Crippen LogP contribution in [0.25, 0.3) is 0 Å². The summed E-state index contributed by atoms with van der Waals surface area (Å²) in [6, 6.07) is 0.177. The lowest BCUT2D eigenvalue weighted by atomic mass is 10.1. The van der Waals surface area contributed by atoms with Gasteiger partial charge in [0.15, 0.2) is 5.82 Å². The number of fused-ring (bicyclic) bond motifs is 1. The normalized spacial score (nSPS) is 17.0. The molecule has 3 rings (SSSR count). The van der Waals surface area contributed by atoms with Gasteiger partial charge in [-0.05, 0) is 38.7 Å². The fraction of sp³-hybridized carbons (Fsp3) is 0.667. The molecule has 1 atom stereocenters. The summed E-state index contributed by atoms with van der Waals surface area (Å²) < 4.78 is 9.18. The predicted molar refractivity (Wildman–Crippen MR) is 96.6 cm³/mol. The SMILES string of the molecule is COCc1nnc2n1CCC(NC(=O)CCc1c(C)nn(C)c1C)CC2. The van der Waals surface area contributed by atoms with E-state index in [2.05, 4.69) is 25.2 Å². The number of carbonyl (C=O) groups is 1. The largest absolute Gasteiger partial charge is 0.377 e. The topological polar surface area (TPSA) is 86.9 Å². The Hall–Kier alpha value is -2.22. The number of hydrogen-bond acceptors (Lipinski definition) is 5. The molecule has 0 aromatic carbocycles. The lowest BCUT2D eigenvalue weighted by molar-refractivity contribution is -0.121. The van der Waals surface area contributed by atoms with Gasteiger partial charge in [-0.1, -0.05) is 0 Å². The number of methoxy groups -OCH3 is 1. The number of ether oxygens (including phenoxy) is 1. The molecule has 0 aliphatic carbocycles. The second kappa shape index (κ2) is 7.99. The number of amides is 1. The molecule has 8 nitrogen and oxygen atoms in total. The molecule has 0 fully saturated rings. The lowest BCUT2D eigenvalue weighted by Gasteiger charge is -2.16. The van der Waals surface area contributed by atoms with Crippen molar-refractivity contribution in [1.29, 1.82) is 0 Å². The Morgan fingerprint density at radius 1 is 1.31 bits per heavy atom. The minimum absolute atomic E-state index is 0.104. The van der Waals surface area contributed by atoms with Crippen LogP contribution < -0.4 is 5.32 Å². The van der Waals surface area contributed by atoms with E-state index < -0.39 is 0 Å². The van der Waals surface area contributed by atoms with Gasteiger partial charge in [-0.3, -0.25) is 9.48 Å². The number of carbonyl (C=O) groups excluding carboxylic acids is 1. The van der Waals surface area contributed by atoms with E-state index >= 15 is 0 Å². The van der Waals surface area contributed by atoms with Crippen molar-refractivity contribution in [2.45, 2.75) is 65.1 Å². The molecular formula is C18H28N6O2. The third kappa shape index (κ3) is 3.95. The Morgan fingerprint density at radius 2 is 2.12 bits per heavy atom. The molecule has 1 aliphatic heterocycles. The minimum atomic E-state index is 0.104. The molecular weight excluding hydrogens is 332 g/mol. The summed E-state index contributed by atoms with van der Waals surface area (Å²) >= 11 is 0. The van der Waals surface area contributed by atoms with Crippen LogP contribution in [0, 0.1) is 13.8 Å². The van der Waals surface area contributed by atoms with E-state index in [1.807, 2.05) is 25.6 Å². The van der Waals surface area contributed by atoms with Crippen molar-refractivity contribution in [3.63, 3.8) is 0 Å². The van der Waals surface area contributed by atoms with Crippen LogP contribution in [-0.2, 0) is 42.6 Å². The monoisotopic (exact) mass is 360 g/mol. The van der Waals surface area contributed by atoms with Gasteiger partial charge in [0.2, 0.25) is 5.91 Å². The van der Waals surface area contributed by atoms with E-state index in [4.69, 9.17) is 4.74 Å². The van der Waals surface area contributed by atoms with Gasteiger partial charge in [0.05, 0.1) is 5.69 Å². The maximum Gasteiger partial charge on any atom is 0.220 e. The molecule has 142 valence electrons. The van der Waals surface area contributed by atoms with Crippen LogP contribution in [0.5, 0.6) is 0 Å². The summed E-state index contributed by atoms with van der Waals surface area (Å²) in [6.07, 6.45) is 3.82. The van der Waals surface area contributed by atoms with Crippen LogP contribution in [0.1, 0.15) is 47.9 Å². The highest BCUT2D eigenvalue weighted by atomic mass is 16.5. The van der Waals surface area contributed by atoms with Crippen molar-refractivity contribution in [3.8, 4) is 0 Å². The first-order valence-corrected chi connectivity index (χ1v) is 9.18. The van der Waals surface area contributed by atoms with E-state index in [0.717, 1.165) is 55.3 Å². The van der Waals surface area contributed by atoms with E-state index in [1.54, 1.807) is 7.11 Å². The van der Waals surface area contributed by atoms with Crippen molar-refractivity contribution in [1.82, 2.24) is 29.9 Å². The third-order valence-corrected chi connectivity index (χ3v) is 5.22. The molecule has 1 N–H and O–H groups in total. The summed E-state index contributed by atoms with van der Waals surface area (Å²) in [4.78, 5) is 12.4. The average molecular weight is 360 g/mol. The third-order valence-electron chi connectivity index (χ3n) is 5.22. The van der Waals surface area contributed by atoms with Gasteiger partial charge < -0.3 is 14.6 Å². The summed E-state index contributed by atoms with van der Waals surface area (Å²) in [6.45, 7) is 5.32. The van der Waals surface area contributed by atoms with E-state index in [1.165, 1.54) is 5.56 Å². The second-order valence-corrected chi connectivity index (χ2v) is 6.98. The summed E-state index contributed by atoms with van der Waals surface area (Å²) in [5, 5.41) is 16.1. The predicted octanol–water partition coefficient (Wildman–Crippen LogP) is 1.23. The molecule has 0 radical (unpaired) electrons. The zero-order chi connectivity index (χ0) is 18.7. The van der Waals surface area contributed by atoms with Gasteiger partial charge in [0, 0.05) is 45.3 Å². The Balaban J connectivity index is 1.52. The fourth-order valence-electron chi connectivity index (χ4n) is 3.65. The Kier molecular flexibility index (Phi) is 5.70. The standard InChI is InChI=1S/C18H28N6O2/c1-12-15(13(2)23(3)22-12)6-8-18(25)19-14-5-7-16-20-21-17(11-26-4)24(16)10-9-14/h14H,5-11H2,1-4H3,(H,19,25). The van der Waals surface area contributed by atoms with E-state index in [-0.39, 0.29) is 11.9 Å². The highest BCUT2D eigenvalue weighted by Crippen LogP contribution is 2.17. The van der Waals surface area contributed by atoms with Crippen LogP contribution in [0.15, 0.2) is 0 Å². The fourth-order valence-corrected chi connectivity index (χ4v) is 3.65. The Morgan fingerprint density at radius 3 is 2.81 bits per heavy atom. The van der Waals surface area contributed by atoms with Gasteiger partial charge in [0.25, 0.3) is 0 Å². The maximum atomic E-state index is 12.4. The van der Waals surface area contributed by atoms with Crippen LogP contribution in [0.4, 0.5) is 0 Å². The summed E-state index contributed by atoms with van der Waals surface area (Å²) in [5.41, 5.74) is 3.32. The second-order valence-electron chi connectivity index (χ2n) is 6.98. The Bertz CT molecular complexity index is 779. The molecule has 1 unspecified atom stereocenters. The minimum Gasteiger partial charge on any atom is -0.377 e. The van der Waals surface area contributed by atoms with Crippen molar-refractivity contribution < 1.29 is 9.53 Å². The number of nitrogens with zero attached hydrogens (tertiary/aromatic N) is 5. The molecule has 0 spiro atoms. The van der Waals surface area contributed by atoms with E-state index in [9.17, 15) is 4.79 Å². The average Bonchev–Trinajstić information content (AvgIpc) is 3.01. The van der Waals surface area contributed by atoms with Crippen molar-refractivity contribution in [2.24, 2.45) is 7.05 Å². The summed E-state index contributed by atoms with van der Waals surface area (Å²) in [5.74, 6) is 1.94. The number of hydrogen-bond donors (Lipinski definition) is 1. The molecule has 26 heavy (non-hydrogen) atoms. The molecule has 8 heteroatoms. The van der Waals surface area contributed by atoms with Crippen LogP contribution >= 0.6 is 0 Å². The Labute approximate surface area is 153 Å². The molecule has 1 amide bonds. The number of rotatable bonds is 6. The summed E-state index contributed by atoms with van der Waals surface area (Å²) in [7, 11) is 3.60. The van der Waals surface area contributed by atoms with Crippen LogP contribution in [0.2, 0.25) is 0 Å².